The first kappa shape index (κ1) is 16.9. The minimum atomic E-state index is -0.251. The number of carbonyl (C=O) groups excluding carboxylic acids is 2. The molecule has 128 valence electrons. The van der Waals surface area contributed by atoms with Crippen LogP contribution in [0.2, 0.25) is 0 Å². The third kappa shape index (κ3) is 4.76. The van der Waals surface area contributed by atoms with Gasteiger partial charge in [0.2, 0.25) is 11.8 Å². The molecule has 2 aromatic rings. The fourth-order valence-corrected chi connectivity index (χ4v) is 2.87. The van der Waals surface area contributed by atoms with E-state index in [1.54, 1.807) is 0 Å². The molecule has 2 aromatic carbocycles. The average molecular weight is 335 g/mol. The van der Waals surface area contributed by atoms with Gasteiger partial charge in [-0.25, -0.2) is 5.43 Å². The second-order valence-corrected chi connectivity index (χ2v) is 6.02. The fraction of sp³-hybridized carbons (Fsp3) is 0.250. The number of carbonyl (C=O) groups is 2. The highest BCUT2D eigenvalue weighted by atomic mass is 16.2. The van der Waals surface area contributed by atoms with Gasteiger partial charge in [-0.05, 0) is 37.0 Å². The minimum Gasteiger partial charge on any atom is -0.326 e. The number of benzene rings is 2. The van der Waals surface area contributed by atoms with Crippen LogP contribution in [0.1, 0.15) is 36.8 Å². The van der Waals surface area contributed by atoms with Gasteiger partial charge in [0.05, 0.1) is 5.71 Å². The molecule has 0 aliphatic heterocycles. The molecule has 5 nitrogen and oxygen atoms in total. The molecule has 0 bridgehead atoms. The standard InChI is InChI=1S/C20H21N3O2/c24-19(21-16-9-2-1-3-10-16)13-14-20(25)23-22-18-12-6-8-15-7-4-5-11-17(15)18/h1-5,7,9-11H,6,8,12-14H2,(H,21,24)(H,23,25)/b22-18-. The maximum absolute atomic E-state index is 12.0. The van der Waals surface area contributed by atoms with Crippen LogP contribution in [-0.4, -0.2) is 17.5 Å². The quantitative estimate of drug-likeness (QED) is 0.823. The molecule has 1 aliphatic carbocycles. The third-order valence-corrected chi connectivity index (χ3v) is 4.14. The van der Waals surface area contributed by atoms with Gasteiger partial charge in [0, 0.05) is 24.1 Å². The summed E-state index contributed by atoms with van der Waals surface area (Å²) in [5.41, 5.74) is 6.59. The molecule has 0 unspecified atom stereocenters. The van der Waals surface area contributed by atoms with Crippen molar-refractivity contribution < 1.29 is 9.59 Å². The monoisotopic (exact) mass is 335 g/mol. The number of hydrazone groups is 1. The Labute approximate surface area is 147 Å². The average Bonchev–Trinajstić information content (AvgIpc) is 2.65. The van der Waals surface area contributed by atoms with Crippen LogP contribution in [-0.2, 0) is 16.0 Å². The van der Waals surface area contributed by atoms with Crippen molar-refractivity contribution in [2.45, 2.75) is 32.1 Å². The van der Waals surface area contributed by atoms with E-state index in [4.69, 9.17) is 0 Å². The summed E-state index contributed by atoms with van der Waals surface area (Å²) in [6.07, 6.45) is 3.17. The Morgan fingerprint density at radius 2 is 1.60 bits per heavy atom. The van der Waals surface area contributed by atoms with Crippen LogP contribution in [0, 0.1) is 0 Å². The zero-order chi connectivity index (χ0) is 17.5. The van der Waals surface area contributed by atoms with Gasteiger partial charge in [0.15, 0.2) is 0 Å². The smallest absolute Gasteiger partial charge is 0.240 e. The molecule has 0 atom stereocenters. The molecule has 0 saturated carbocycles. The van der Waals surface area contributed by atoms with Gasteiger partial charge in [-0.2, -0.15) is 5.10 Å². The van der Waals surface area contributed by atoms with Crippen molar-refractivity contribution >= 4 is 23.2 Å². The lowest BCUT2D eigenvalue weighted by Gasteiger charge is -2.17. The predicted molar refractivity (Wildman–Crippen MR) is 98.4 cm³/mol. The summed E-state index contributed by atoms with van der Waals surface area (Å²) in [5.74, 6) is -0.434. The molecule has 2 N–H and O–H groups in total. The molecule has 0 saturated heterocycles. The van der Waals surface area contributed by atoms with E-state index >= 15 is 0 Å². The molecule has 1 aliphatic rings. The molecule has 0 fully saturated rings. The lowest BCUT2D eigenvalue weighted by atomic mass is 9.90. The summed E-state index contributed by atoms with van der Waals surface area (Å²) >= 11 is 0. The molecule has 3 rings (SSSR count). The fourth-order valence-electron chi connectivity index (χ4n) is 2.87. The Balaban J connectivity index is 1.49. The summed E-state index contributed by atoms with van der Waals surface area (Å²) in [6.45, 7) is 0. The Morgan fingerprint density at radius 1 is 0.880 bits per heavy atom. The van der Waals surface area contributed by atoms with Gasteiger partial charge >= 0.3 is 0 Å². The normalized spacial score (nSPS) is 14.6. The van der Waals surface area contributed by atoms with E-state index in [2.05, 4.69) is 21.9 Å². The highest BCUT2D eigenvalue weighted by Gasteiger charge is 2.15. The number of rotatable bonds is 5. The number of hydrogen-bond acceptors (Lipinski definition) is 3. The van der Waals surface area contributed by atoms with E-state index < -0.39 is 0 Å². The van der Waals surface area contributed by atoms with Crippen LogP contribution in [0.3, 0.4) is 0 Å². The summed E-state index contributed by atoms with van der Waals surface area (Å²) < 4.78 is 0. The van der Waals surface area contributed by atoms with Gasteiger partial charge in [0.1, 0.15) is 0 Å². The summed E-state index contributed by atoms with van der Waals surface area (Å²) in [5, 5.41) is 7.03. The summed E-state index contributed by atoms with van der Waals surface area (Å²) in [4.78, 5) is 23.8. The molecule has 0 aromatic heterocycles. The number of hydrogen-bond donors (Lipinski definition) is 2. The molecule has 0 radical (unpaired) electrons. The maximum atomic E-state index is 12.0. The van der Waals surface area contributed by atoms with Crippen molar-refractivity contribution in [2.75, 3.05) is 5.32 Å². The first-order valence-electron chi connectivity index (χ1n) is 8.51. The second kappa shape index (κ2) is 8.24. The number of aryl methyl sites for hydroxylation is 1. The Kier molecular flexibility index (Phi) is 5.57. The molecule has 0 spiro atoms. The van der Waals surface area contributed by atoms with Crippen molar-refractivity contribution in [3.05, 3.63) is 65.7 Å². The lowest BCUT2D eigenvalue weighted by molar-refractivity contribution is -0.124. The number of fused-ring (bicyclic) bond motifs is 1. The van der Waals surface area contributed by atoms with Crippen molar-refractivity contribution in [1.29, 1.82) is 0 Å². The van der Waals surface area contributed by atoms with Gasteiger partial charge in [-0.3, -0.25) is 9.59 Å². The number of para-hydroxylation sites is 1. The molecule has 25 heavy (non-hydrogen) atoms. The zero-order valence-electron chi connectivity index (χ0n) is 14.0. The Morgan fingerprint density at radius 3 is 2.44 bits per heavy atom. The minimum absolute atomic E-state index is 0.108. The SMILES string of the molecule is O=C(CCC(=O)Nc1ccccc1)N/N=C1/CCCc2ccccc21. The van der Waals surface area contributed by atoms with Crippen molar-refractivity contribution in [3.63, 3.8) is 0 Å². The van der Waals surface area contributed by atoms with Gasteiger partial charge in [-0.15, -0.1) is 0 Å². The molecular weight excluding hydrogens is 314 g/mol. The molecule has 0 heterocycles. The van der Waals surface area contributed by atoms with E-state index in [1.807, 2.05) is 48.5 Å². The Bertz CT molecular complexity index is 785. The highest BCUT2D eigenvalue weighted by molar-refractivity contribution is 6.03. The van der Waals surface area contributed by atoms with Crippen LogP contribution >= 0.6 is 0 Å². The second-order valence-electron chi connectivity index (χ2n) is 6.02. The molecule has 2 amide bonds. The predicted octanol–water partition coefficient (Wildman–Crippen LogP) is 3.26. The van der Waals surface area contributed by atoms with E-state index in [0.29, 0.717) is 0 Å². The van der Waals surface area contributed by atoms with Crippen molar-refractivity contribution in [3.8, 4) is 0 Å². The maximum Gasteiger partial charge on any atom is 0.240 e. The summed E-state index contributed by atoms with van der Waals surface area (Å²) in [7, 11) is 0. The van der Waals surface area contributed by atoms with E-state index in [1.165, 1.54) is 5.56 Å². The van der Waals surface area contributed by atoms with E-state index in [-0.39, 0.29) is 24.7 Å². The number of nitrogens with one attached hydrogen (secondary N) is 2. The number of nitrogens with zero attached hydrogens (tertiary/aromatic N) is 1. The summed E-state index contributed by atoms with van der Waals surface area (Å²) in [6, 6.07) is 17.3. The van der Waals surface area contributed by atoms with Crippen molar-refractivity contribution in [1.82, 2.24) is 5.43 Å². The van der Waals surface area contributed by atoms with Crippen LogP contribution in [0.5, 0.6) is 0 Å². The van der Waals surface area contributed by atoms with Gasteiger partial charge < -0.3 is 5.32 Å². The van der Waals surface area contributed by atoms with Crippen LogP contribution in [0.25, 0.3) is 0 Å². The third-order valence-electron chi connectivity index (χ3n) is 4.14. The largest absolute Gasteiger partial charge is 0.326 e. The van der Waals surface area contributed by atoms with E-state index in [0.717, 1.165) is 36.2 Å². The van der Waals surface area contributed by atoms with Crippen LogP contribution in [0.15, 0.2) is 59.7 Å². The first-order chi connectivity index (χ1) is 12.2. The Hall–Kier alpha value is -2.95. The lowest BCUT2D eigenvalue weighted by Crippen LogP contribution is -2.23. The topological polar surface area (TPSA) is 70.6 Å². The highest BCUT2D eigenvalue weighted by Crippen LogP contribution is 2.21. The van der Waals surface area contributed by atoms with Gasteiger partial charge in [0.25, 0.3) is 0 Å². The van der Waals surface area contributed by atoms with Crippen LogP contribution < -0.4 is 10.7 Å². The van der Waals surface area contributed by atoms with Crippen LogP contribution in [0.4, 0.5) is 5.69 Å². The van der Waals surface area contributed by atoms with E-state index in [9.17, 15) is 9.59 Å². The first-order valence-corrected chi connectivity index (χ1v) is 8.51. The van der Waals surface area contributed by atoms with Crippen molar-refractivity contribution in [2.24, 2.45) is 5.10 Å². The number of anilines is 1. The molecule has 5 heteroatoms. The van der Waals surface area contributed by atoms with Gasteiger partial charge in [-0.1, -0.05) is 42.5 Å². The number of amides is 2. The molecular formula is C20H21N3O2. The zero-order valence-corrected chi connectivity index (χ0v) is 14.0.